The van der Waals surface area contributed by atoms with Gasteiger partial charge in [-0.1, -0.05) is 60.1 Å². The molecule has 28 heavy (non-hydrogen) atoms. The van der Waals surface area contributed by atoms with Gasteiger partial charge in [0.15, 0.2) is 15.9 Å². The highest BCUT2D eigenvalue weighted by Gasteiger charge is 2.25. The van der Waals surface area contributed by atoms with Crippen LogP contribution < -0.4 is 4.74 Å². The standard InChI is InChI=1S/C22H19ClO4S/c23-18-11-13-19(14-12-18)27-21(22(24)17-7-3-1-4-8-17)15-16-28(25,26)20-9-5-2-6-10-20/h1-14,21H,15-16H2. The highest BCUT2D eigenvalue weighted by atomic mass is 35.5. The van der Waals surface area contributed by atoms with Gasteiger partial charge in [0.25, 0.3) is 0 Å². The predicted octanol–water partition coefficient (Wildman–Crippen LogP) is 4.83. The van der Waals surface area contributed by atoms with E-state index in [1.54, 1.807) is 78.9 Å². The Morgan fingerprint density at radius 3 is 2.04 bits per heavy atom. The third-order valence-electron chi connectivity index (χ3n) is 4.19. The summed E-state index contributed by atoms with van der Waals surface area (Å²) in [6.45, 7) is 0. The highest BCUT2D eigenvalue weighted by molar-refractivity contribution is 7.91. The second kappa shape index (κ2) is 9.04. The summed E-state index contributed by atoms with van der Waals surface area (Å²) < 4.78 is 31.1. The number of hydrogen-bond acceptors (Lipinski definition) is 4. The lowest BCUT2D eigenvalue weighted by atomic mass is 10.0. The fraction of sp³-hybridized carbons (Fsp3) is 0.136. The Kier molecular flexibility index (Phi) is 6.49. The van der Waals surface area contributed by atoms with Crippen LogP contribution in [0, 0.1) is 0 Å². The van der Waals surface area contributed by atoms with Gasteiger partial charge in [0.1, 0.15) is 5.75 Å². The van der Waals surface area contributed by atoms with E-state index in [4.69, 9.17) is 16.3 Å². The molecule has 0 heterocycles. The quantitative estimate of drug-likeness (QED) is 0.495. The van der Waals surface area contributed by atoms with E-state index < -0.39 is 15.9 Å². The van der Waals surface area contributed by atoms with Gasteiger partial charge in [-0.2, -0.15) is 0 Å². The molecule has 1 unspecified atom stereocenters. The lowest BCUT2D eigenvalue weighted by Crippen LogP contribution is -2.30. The summed E-state index contributed by atoms with van der Waals surface area (Å²) >= 11 is 5.89. The molecule has 0 aliphatic rings. The third kappa shape index (κ3) is 5.21. The molecule has 3 aromatic carbocycles. The number of ketones is 1. The molecule has 6 heteroatoms. The molecule has 1 atom stereocenters. The first kappa shape index (κ1) is 20.1. The topological polar surface area (TPSA) is 60.4 Å². The monoisotopic (exact) mass is 414 g/mol. The van der Waals surface area contributed by atoms with Crippen molar-refractivity contribution in [1.82, 2.24) is 0 Å². The van der Waals surface area contributed by atoms with E-state index in [9.17, 15) is 13.2 Å². The number of sulfone groups is 1. The summed E-state index contributed by atoms with van der Waals surface area (Å²) in [7, 11) is -3.52. The van der Waals surface area contributed by atoms with E-state index in [1.165, 1.54) is 0 Å². The second-order valence-electron chi connectivity index (χ2n) is 6.21. The maximum atomic E-state index is 12.9. The highest BCUT2D eigenvalue weighted by Crippen LogP contribution is 2.21. The number of benzene rings is 3. The van der Waals surface area contributed by atoms with Crippen LogP contribution in [0.2, 0.25) is 5.02 Å². The molecule has 0 saturated heterocycles. The van der Waals surface area contributed by atoms with Crippen molar-refractivity contribution in [2.45, 2.75) is 17.4 Å². The Hall–Kier alpha value is -2.63. The molecule has 0 aromatic heterocycles. The molecule has 0 spiro atoms. The SMILES string of the molecule is O=C(c1ccccc1)C(CCS(=O)(=O)c1ccccc1)Oc1ccc(Cl)cc1. The van der Waals surface area contributed by atoms with Crippen LogP contribution >= 0.6 is 11.6 Å². The number of halogens is 1. The first-order valence-electron chi connectivity index (χ1n) is 8.75. The molecule has 0 aliphatic heterocycles. The molecule has 0 radical (unpaired) electrons. The van der Waals surface area contributed by atoms with E-state index in [1.807, 2.05) is 6.07 Å². The Labute approximate surface area is 169 Å². The molecule has 4 nitrogen and oxygen atoms in total. The fourth-order valence-corrected chi connectivity index (χ4v) is 4.18. The minimum Gasteiger partial charge on any atom is -0.482 e. The minimum absolute atomic E-state index is 0.0353. The average molecular weight is 415 g/mol. The molecular formula is C22H19ClO4S. The smallest absolute Gasteiger partial charge is 0.203 e. The molecule has 0 amide bonds. The number of Topliss-reactive ketones (excluding diaryl/α,β-unsaturated/α-hetero) is 1. The normalized spacial score (nSPS) is 12.3. The van der Waals surface area contributed by atoms with Crippen LogP contribution in [0.1, 0.15) is 16.8 Å². The van der Waals surface area contributed by atoms with Crippen LogP contribution in [0.25, 0.3) is 0 Å². The van der Waals surface area contributed by atoms with Crippen molar-refractivity contribution < 1.29 is 17.9 Å². The van der Waals surface area contributed by atoms with Gasteiger partial charge in [0.05, 0.1) is 10.6 Å². The minimum atomic E-state index is -3.52. The van der Waals surface area contributed by atoms with Crippen LogP contribution in [-0.2, 0) is 9.84 Å². The van der Waals surface area contributed by atoms with Crippen molar-refractivity contribution in [3.05, 3.63) is 95.5 Å². The molecule has 0 fully saturated rings. The molecule has 0 aliphatic carbocycles. The van der Waals surface area contributed by atoms with E-state index >= 15 is 0 Å². The Morgan fingerprint density at radius 1 is 0.857 bits per heavy atom. The zero-order chi connectivity index (χ0) is 20.0. The van der Waals surface area contributed by atoms with E-state index in [0.29, 0.717) is 16.3 Å². The summed E-state index contributed by atoms with van der Waals surface area (Å²) in [6.07, 6.45) is -0.893. The van der Waals surface area contributed by atoms with Crippen molar-refractivity contribution in [2.75, 3.05) is 5.75 Å². The zero-order valence-corrected chi connectivity index (χ0v) is 16.6. The molecule has 3 rings (SSSR count). The van der Waals surface area contributed by atoms with Crippen molar-refractivity contribution >= 4 is 27.2 Å². The van der Waals surface area contributed by atoms with Crippen LogP contribution in [0.15, 0.2) is 89.8 Å². The van der Waals surface area contributed by atoms with Crippen LogP contribution in [0.5, 0.6) is 5.75 Å². The number of carbonyl (C=O) groups is 1. The zero-order valence-electron chi connectivity index (χ0n) is 15.0. The predicted molar refractivity (Wildman–Crippen MR) is 110 cm³/mol. The lowest BCUT2D eigenvalue weighted by molar-refractivity contribution is 0.0788. The molecule has 0 saturated carbocycles. The van der Waals surface area contributed by atoms with Crippen LogP contribution in [-0.4, -0.2) is 26.1 Å². The Bertz CT molecular complexity index is 1020. The van der Waals surface area contributed by atoms with Crippen molar-refractivity contribution in [3.63, 3.8) is 0 Å². The van der Waals surface area contributed by atoms with E-state index in [2.05, 4.69) is 0 Å². The van der Waals surface area contributed by atoms with Crippen molar-refractivity contribution in [3.8, 4) is 5.75 Å². The maximum Gasteiger partial charge on any atom is 0.203 e. The molecule has 0 N–H and O–H groups in total. The number of rotatable bonds is 8. The van der Waals surface area contributed by atoms with Crippen molar-refractivity contribution in [2.24, 2.45) is 0 Å². The summed E-state index contributed by atoms with van der Waals surface area (Å²) in [4.78, 5) is 13.2. The van der Waals surface area contributed by atoms with Gasteiger partial charge in [0, 0.05) is 17.0 Å². The molecule has 144 valence electrons. The lowest BCUT2D eigenvalue weighted by Gasteiger charge is -2.18. The molecule has 0 bridgehead atoms. The third-order valence-corrected chi connectivity index (χ3v) is 6.21. The Morgan fingerprint density at radius 2 is 1.43 bits per heavy atom. The first-order chi connectivity index (χ1) is 13.5. The Balaban J connectivity index is 1.81. The van der Waals surface area contributed by atoms with Gasteiger partial charge >= 0.3 is 0 Å². The summed E-state index contributed by atoms with van der Waals surface area (Å²) in [5.41, 5.74) is 0.471. The molecule has 3 aromatic rings. The van der Waals surface area contributed by atoms with Gasteiger partial charge in [0.2, 0.25) is 5.78 Å². The average Bonchev–Trinajstić information content (AvgIpc) is 2.73. The van der Waals surface area contributed by atoms with Gasteiger partial charge < -0.3 is 4.74 Å². The van der Waals surface area contributed by atoms with E-state index in [-0.39, 0.29) is 22.9 Å². The van der Waals surface area contributed by atoms with Crippen LogP contribution in [0.4, 0.5) is 0 Å². The van der Waals surface area contributed by atoms with Gasteiger partial charge in [-0.05, 0) is 36.4 Å². The summed E-state index contributed by atoms with van der Waals surface area (Å²) in [5.74, 6) is -0.0111. The maximum absolute atomic E-state index is 12.9. The van der Waals surface area contributed by atoms with Gasteiger partial charge in [-0.3, -0.25) is 4.79 Å². The molecular weight excluding hydrogens is 396 g/mol. The van der Waals surface area contributed by atoms with E-state index in [0.717, 1.165) is 0 Å². The van der Waals surface area contributed by atoms with Gasteiger partial charge in [-0.15, -0.1) is 0 Å². The number of carbonyl (C=O) groups excluding carboxylic acids is 1. The number of ether oxygens (including phenoxy) is 1. The van der Waals surface area contributed by atoms with Gasteiger partial charge in [-0.25, -0.2) is 8.42 Å². The summed E-state index contributed by atoms with van der Waals surface area (Å²) in [6, 6.07) is 23.5. The van der Waals surface area contributed by atoms with Crippen LogP contribution in [0.3, 0.4) is 0 Å². The fourth-order valence-electron chi connectivity index (χ4n) is 2.72. The summed E-state index contributed by atoms with van der Waals surface area (Å²) in [5, 5.41) is 0.546. The first-order valence-corrected chi connectivity index (χ1v) is 10.8. The number of hydrogen-bond donors (Lipinski definition) is 0. The van der Waals surface area contributed by atoms with Crippen molar-refractivity contribution in [1.29, 1.82) is 0 Å². The second-order valence-corrected chi connectivity index (χ2v) is 8.76. The largest absolute Gasteiger partial charge is 0.482 e.